The molecule has 1 aliphatic carbocycles. The highest BCUT2D eigenvalue weighted by atomic mass is 19.1. The van der Waals surface area contributed by atoms with E-state index in [1.807, 2.05) is 24.3 Å². The van der Waals surface area contributed by atoms with Crippen molar-refractivity contribution in [1.82, 2.24) is 0 Å². The van der Waals surface area contributed by atoms with Gasteiger partial charge in [-0.25, -0.2) is 13.8 Å². The fraction of sp³-hybridized carbons (Fsp3) is 0.240. The molecule has 0 saturated carbocycles. The van der Waals surface area contributed by atoms with Crippen LogP contribution in [0.4, 0.5) is 14.5 Å². The van der Waals surface area contributed by atoms with E-state index >= 15 is 0 Å². The number of para-hydroxylation sites is 1. The Morgan fingerprint density at radius 2 is 1.89 bits per heavy atom. The molecule has 0 aliphatic heterocycles. The number of rotatable bonds is 6. The maximum atomic E-state index is 13.6. The molecule has 0 aromatic heterocycles. The van der Waals surface area contributed by atoms with E-state index in [-0.39, 0.29) is 5.82 Å². The topological polar surface area (TPSA) is 12.4 Å². The number of nitrogens with zero attached hydrogens (tertiary/aromatic N) is 1. The molecule has 0 radical (unpaired) electrons. The van der Waals surface area contributed by atoms with Gasteiger partial charge in [-0.15, -0.1) is 0 Å². The molecule has 144 valence electrons. The molecule has 2 unspecified atom stereocenters. The minimum Gasteiger partial charge on any atom is -0.248 e. The van der Waals surface area contributed by atoms with Crippen molar-refractivity contribution in [2.24, 2.45) is 4.99 Å². The Hall–Kier alpha value is -2.81. The van der Waals surface area contributed by atoms with Crippen molar-refractivity contribution in [3.63, 3.8) is 0 Å². The van der Waals surface area contributed by atoms with E-state index in [0.29, 0.717) is 23.6 Å². The number of alkyl halides is 1. The molecule has 2 atom stereocenters. The summed E-state index contributed by atoms with van der Waals surface area (Å²) in [5.74, 6) is 0.0700. The van der Waals surface area contributed by atoms with Crippen LogP contribution in [0.2, 0.25) is 0 Å². The average Bonchev–Trinajstić information content (AvgIpc) is 2.72. The Morgan fingerprint density at radius 3 is 2.54 bits per heavy atom. The highest BCUT2D eigenvalue weighted by molar-refractivity contribution is 6.32. The third-order valence-electron chi connectivity index (χ3n) is 5.11. The fourth-order valence-electron chi connectivity index (χ4n) is 3.21. The van der Waals surface area contributed by atoms with Crippen LogP contribution in [0.25, 0.3) is 5.57 Å². The van der Waals surface area contributed by atoms with Crippen molar-refractivity contribution in [2.45, 2.75) is 38.8 Å². The number of hydrogen-bond donors (Lipinski definition) is 0. The number of allylic oxidation sites excluding steroid dienone is 5. The summed E-state index contributed by atoms with van der Waals surface area (Å²) in [7, 11) is 0. The largest absolute Gasteiger partial charge is 0.248 e. The van der Waals surface area contributed by atoms with Gasteiger partial charge in [-0.3, -0.25) is 0 Å². The quantitative estimate of drug-likeness (QED) is 0.467. The fourth-order valence-corrected chi connectivity index (χ4v) is 3.21. The van der Waals surface area contributed by atoms with Crippen molar-refractivity contribution in [2.75, 3.05) is 0 Å². The summed E-state index contributed by atoms with van der Waals surface area (Å²) >= 11 is 0. The van der Waals surface area contributed by atoms with Crippen LogP contribution in [-0.4, -0.2) is 11.9 Å². The lowest BCUT2D eigenvalue weighted by molar-refractivity contribution is 0.401. The van der Waals surface area contributed by atoms with Crippen molar-refractivity contribution in [3.8, 4) is 0 Å². The SMILES string of the molecule is C=C(/C(=N\c1ccccc1C(C)CC)C1=CCC(F)C=C1)c1ccc(F)cc1. The van der Waals surface area contributed by atoms with E-state index in [1.54, 1.807) is 24.3 Å². The first kappa shape index (κ1) is 19.9. The molecule has 0 amide bonds. The second-order valence-electron chi connectivity index (χ2n) is 7.08. The van der Waals surface area contributed by atoms with Crippen LogP contribution in [0, 0.1) is 5.82 Å². The van der Waals surface area contributed by atoms with Gasteiger partial charge in [0.15, 0.2) is 0 Å². The molecule has 3 rings (SSSR count). The van der Waals surface area contributed by atoms with Crippen LogP contribution >= 0.6 is 0 Å². The van der Waals surface area contributed by atoms with Gasteiger partial charge < -0.3 is 0 Å². The van der Waals surface area contributed by atoms with Crippen LogP contribution in [0.15, 0.2) is 83.9 Å². The second-order valence-corrected chi connectivity index (χ2v) is 7.08. The minimum atomic E-state index is -0.975. The maximum Gasteiger partial charge on any atom is 0.123 e. The molecule has 0 N–H and O–H groups in total. The highest BCUT2D eigenvalue weighted by Crippen LogP contribution is 2.32. The minimum absolute atomic E-state index is 0.297. The molecule has 0 saturated heterocycles. The Kier molecular flexibility index (Phi) is 6.35. The van der Waals surface area contributed by atoms with E-state index in [9.17, 15) is 8.78 Å². The van der Waals surface area contributed by atoms with Gasteiger partial charge in [-0.1, -0.05) is 62.9 Å². The predicted octanol–water partition coefficient (Wildman–Crippen LogP) is 7.35. The lowest BCUT2D eigenvalue weighted by atomic mass is 9.92. The first-order valence-electron chi connectivity index (χ1n) is 9.65. The molecule has 0 spiro atoms. The molecule has 1 nitrogen and oxygen atoms in total. The normalized spacial score (nSPS) is 17.9. The predicted molar refractivity (Wildman–Crippen MR) is 114 cm³/mol. The zero-order chi connectivity index (χ0) is 20.1. The lowest BCUT2D eigenvalue weighted by Gasteiger charge is -2.17. The van der Waals surface area contributed by atoms with Crippen molar-refractivity contribution in [3.05, 3.63) is 95.9 Å². The van der Waals surface area contributed by atoms with Gasteiger partial charge in [0.2, 0.25) is 0 Å². The van der Waals surface area contributed by atoms with E-state index in [1.165, 1.54) is 12.1 Å². The first-order valence-corrected chi connectivity index (χ1v) is 9.65. The second kappa shape index (κ2) is 8.92. The Bertz CT molecular complexity index is 935. The summed E-state index contributed by atoms with van der Waals surface area (Å²) in [5, 5.41) is 0. The average molecular weight is 377 g/mol. The lowest BCUT2D eigenvalue weighted by Crippen LogP contribution is -2.09. The Morgan fingerprint density at radius 1 is 1.18 bits per heavy atom. The summed E-state index contributed by atoms with van der Waals surface area (Å²) in [4.78, 5) is 4.96. The summed E-state index contributed by atoms with van der Waals surface area (Å²) < 4.78 is 26.9. The van der Waals surface area contributed by atoms with E-state index in [2.05, 4.69) is 26.5 Å². The number of benzene rings is 2. The summed E-state index contributed by atoms with van der Waals surface area (Å²) in [6, 6.07) is 14.3. The van der Waals surface area contributed by atoms with Gasteiger partial charge in [-0.05, 0) is 53.3 Å². The van der Waals surface area contributed by atoms with E-state index in [0.717, 1.165) is 28.8 Å². The molecule has 3 heteroatoms. The van der Waals surface area contributed by atoms with Gasteiger partial charge in [0.05, 0.1) is 11.4 Å². The summed E-state index contributed by atoms with van der Waals surface area (Å²) in [6.45, 7) is 8.55. The third-order valence-corrected chi connectivity index (χ3v) is 5.11. The van der Waals surface area contributed by atoms with Gasteiger partial charge in [0.1, 0.15) is 12.0 Å². The molecule has 2 aromatic carbocycles. The maximum absolute atomic E-state index is 13.6. The van der Waals surface area contributed by atoms with Crippen LogP contribution in [0.3, 0.4) is 0 Å². The molecular weight excluding hydrogens is 352 g/mol. The van der Waals surface area contributed by atoms with Crippen LogP contribution in [0.1, 0.15) is 43.7 Å². The van der Waals surface area contributed by atoms with Crippen molar-refractivity contribution in [1.29, 1.82) is 0 Å². The van der Waals surface area contributed by atoms with Crippen LogP contribution in [-0.2, 0) is 0 Å². The molecule has 0 bridgehead atoms. The molecule has 2 aromatic rings. The zero-order valence-corrected chi connectivity index (χ0v) is 16.3. The molecule has 1 aliphatic rings. The smallest absolute Gasteiger partial charge is 0.123 e. The van der Waals surface area contributed by atoms with E-state index in [4.69, 9.17) is 4.99 Å². The Balaban J connectivity index is 2.10. The zero-order valence-electron chi connectivity index (χ0n) is 16.3. The number of hydrogen-bond acceptors (Lipinski definition) is 1. The molecular formula is C25H25F2N. The molecule has 0 fully saturated rings. The highest BCUT2D eigenvalue weighted by Gasteiger charge is 2.17. The standard InChI is InChI=1S/C25H25F2N/c1-4-17(2)23-7-5-6-8-24(23)28-25(20-11-15-22(27)16-12-20)18(3)19-9-13-21(26)14-10-19/h5-15,17,22H,3-4,16H2,1-2H3/b28-25+. The number of aliphatic imine (C=N–C) groups is 1. The monoisotopic (exact) mass is 377 g/mol. The summed E-state index contributed by atoms with van der Waals surface area (Å²) in [6.07, 6.45) is 5.50. The molecule has 0 heterocycles. The summed E-state index contributed by atoms with van der Waals surface area (Å²) in [5.41, 5.74) is 5.04. The van der Waals surface area contributed by atoms with Gasteiger partial charge in [0.25, 0.3) is 0 Å². The Labute approximate surface area is 165 Å². The third kappa shape index (κ3) is 4.53. The van der Waals surface area contributed by atoms with Gasteiger partial charge in [0, 0.05) is 12.0 Å². The van der Waals surface area contributed by atoms with Crippen molar-refractivity contribution < 1.29 is 8.78 Å². The number of halogens is 2. The first-order chi connectivity index (χ1) is 13.5. The van der Waals surface area contributed by atoms with Gasteiger partial charge in [-0.2, -0.15) is 0 Å². The van der Waals surface area contributed by atoms with Crippen LogP contribution < -0.4 is 0 Å². The molecule has 28 heavy (non-hydrogen) atoms. The van der Waals surface area contributed by atoms with Crippen molar-refractivity contribution >= 4 is 17.0 Å². The van der Waals surface area contributed by atoms with Crippen LogP contribution in [0.5, 0.6) is 0 Å². The van der Waals surface area contributed by atoms with Gasteiger partial charge >= 0.3 is 0 Å². The van der Waals surface area contributed by atoms with E-state index < -0.39 is 6.17 Å².